The maximum absolute atomic E-state index is 4.69. The van der Waals surface area contributed by atoms with Crippen LogP contribution >= 0.6 is 0 Å². The van der Waals surface area contributed by atoms with Crippen LogP contribution in [-0.4, -0.2) is 16.8 Å². The lowest BCUT2D eigenvalue weighted by molar-refractivity contribution is 0.516. The van der Waals surface area contributed by atoms with Crippen LogP contribution in [0.25, 0.3) is 0 Å². The van der Waals surface area contributed by atoms with E-state index in [1.54, 1.807) is 0 Å². The highest BCUT2D eigenvalue weighted by Gasteiger charge is 2.15. The summed E-state index contributed by atoms with van der Waals surface area (Å²) in [5.74, 6) is 0. The molecule has 0 saturated heterocycles. The van der Waals surface area contributed by atoms with Gasteiger partial charge in [-0.05, 0) is 34.2 Å². The molecule has 0 bridgehead atoms. The van der Waals surface area contributed by atoms with E-state index in [0.29, 0.717) is 6.04 Å². The first kappa shape index (κ1) is 16.2. The molecule has 0 aliphatic heterocycles. The van der Waals surface area contributed by atoms with E-state index in [-0.39, 0.29) is 0 Å². The molecule has 0 fully saturated rings. The lowest BCUT2D eigenvalue weighted by Crippen LogP contribution is -2.14. The molecule has 0 saturated carbocycles. The van der Waals surface area contributed by atoms with Crippen LogP contribution in [0, 0.1) is 13.8 Å². The van der Waals surface area contributed by atoms with Crippen molar-refractivity contribution in [1.29, 1.82) is 0 Å². The van der Waals surface area contributed by atoms with Crippen LogP contribution in [0.4, 0.5) is 0 Å². The van der Waals surface area contributed by atoms with E-state index in [4.69, 9.17) is 0 Å². The zero-order chi connectivity index (χ0) is 14.3. The maximum atomic E-state index is 4.69. The Hall–Kier alpha value is -0.830. The van der Waals surface area contributed by atoms with E-state index >= 15 is 0 Å². The summed E-state index contributed by atoms with van der Waals surface area (Å²) in [7, 11) is 2.01. The number of hydrogen-bond acceptors (Lipinski definition) is 2. The second-order valence-corrected chi connectivity index (χ2v) is 5.59. The molecule has 0 aromatic carbocycles. The number of hydrogen-bond donors (Lipinski definition) is 1. The fourth-order valence-corrected chi connectivity index (χ4v) is 2.74. The summed E-state index contributed by atoms with van der Waals surface area (Å²) in [6.45, 7) is 9.84. The van der Waals surface area contributed by atoms with Crippen LogP contribution in [0.3, 0.4) is 0 Å². The van der Waals surface area contributed by atoms with Crippen molar-refractivity contribution in [2.24, 2.45) is 0 Å². The van der Waals surface area contributed by atoms with Gasteiger partial charge in [0.15, 0.2) is 0 Å². The summed E-state index contributed by atoms with van der Waals surface area (Å²) < 4.78 is 2.19. The standard InChI is InChI=1S/C16H31N3/c1-6-7-8-9-10-11-12-19-15(4)16(13(2)17-5)14(3)18-19/h13,17H,6-12H2,1-5H3. The first-order chi connectivity index (χ1) is 9.11. The van der Waals surface area contributed by atoms with E-state index in [0.717, 1.165) is 6.54 Å². The summed E-state index contributed by atoms with van der Waals surface area (Å²) in [6.07, 6.45) is 8.03. The summed E-state index contributed by atoms with van der Waals surface area (Å²) in [5.41, 5.74) is 3.87. The van der Waals surface area contributed by atoms with Gasteiger partial charge in [-0.15, -0.1) is 0 Å². The predicted molar refractivity (Wildman–Crippen MR) is 82.6 cm³/mol. The lowest BCUT2D eigenvalue weighted by atomic mass is 10.1. The Morgan fingerprint density at radius 2 is 1.74 bits per heavy atom. The van der Waals surface area contributed by atoms with Crippen molar-refractivity contribution in [2.45, 2.75) is 78.8 Å². The topological polar surface area (TPSA) is 29.9 Å². The number of unbranched alkanes of at least 4 members (excludes halogenated alkanes) is 5. The molecule has 1 atom stereocenters. The van der Waals surface area contributed by atoms with Crippen molar-refractivity contribution < 1.29 is 0 Å². The Bertz CT molecular complexity index is 368. The second kappa shape index (κ2) is 8.36. The van der Waals surface area contributed by atoms with Crippen LogP contribution < -0.4 is 5.32 Å². The fraction of sp³-hybridized carbons (Fsp3) is 0.812. The molecule has 0 aliphatic rings. The molecule has 0 aliphatic carbocycles. The smallest absolute Gasteiger partial charge is 0.0644 e. The molecule has 1 heterocycles. The highest BCUT2D eigenvalue weighted by molar-refractivity contribution is 5.27. The third kappa shape index (κ3) is 4.64. The molecule has 1 aromatic rings. The highest BCUT2D eigenvalue weighted by atomic mass is 15.3. The number of rotatable bonds is 9. The predicted octanol–water partition coefficient (Wildman–Crippen LogP) is 4.14. The fourth-order valence-electron chi connectivity index (χ4n) is 2.74. The Labute approximate surface area is 118 Å². The molecule has 0 radical (unpaired) electrons. The zero-order valence-corrected chi connectivity index (χ0v) is 13.4. The van der Waals surface area contributed by atoms with Gasteiger partial charge in [-0.3, -0.25) is 4.68 Å². The molecule has 1 aromatic heterocycles. The number of aryl methyl sites for hydroxylation is 2. The van der Waals surface area contributed by atoms with E-state index in [1.807, 2.05) is 7.05 Å². The SMILES string of the molecule is CCCCCCCCn1nc(C)c(C(C)NC)c1C. The van der Waals surface area contributed by atoms with Gasteiger partial charge in [0.1, 0.15) is 0 Å². The Morgan fingerprint density at radius 3 is 2.37 bits per heavy atom. The summed E-state index contributed by atoms with van der Waals surface area (Å²) in [4.78, 5) is 0. The van der Waals surface area contributed by atoms with Gasteiger partial charge in [0.05, 0.1) is 5.69 Å². The molecule has 19 heavy (non-hydrogen) atoms. The van der Waals surface area contributed by atoms with Gasteiger partial charge in [-0.1, -0.05) is 39.0 Å². The molecular weight excluding hydrogens is 234 g/mol. The van der Waals surface area contributed by atoms with Gasteiger partial charge in [-0.25, -0.2) is 0 Å². The Kier molecular flexibility index (Phi) is 7.14. The quantitative estimate of drug-likeness (QED) is 0.680. The largest absolute Gasteiger partial charge is 0.313 e. The zero-order valence-electron chi connectivity index (χ0n) is 13.4. The van der Waals surface area contributed by atoms with Gasteiger partial charge in [-0.2, -0.15) is 5.10 Å². The van der Waals surface area contributed by atoms with Gasteiger partial charge in [0, 0.05) is 23.8 Å². The molecular formula is C16H31N3. The van der Waals surface area contributed by atoms with Crippen molar-refractivity contribution in [3.8, 4) is 0 Å². The third-order valence-corrected chi connectivity index (χ3v) is 4.03. The van der Waals surface area contributed by atoms with Crippen molar-refractivity contribution in [2.75, 3.05) is 7.05 Å². The minimum atomic E-state index is 0.387. The molecule has 0 amide bonds. The first-order valence-electron chi connectivity index (χ1n) is 7.83. The van der Waals surface area contributed by atoms with Crippen LogP contribution in [-0.2, 0) is 6.54 Å². The molecule has 1 rings (SSSR count). The minimum Gasteiger partial charge on any atom is -0.313 e. The monoisotopic (exact) mass is 265 g/mol. The summed E-state index contributed by atoms with van der Waals surface area (Å²) in [6, 6.07) is 0.387. The van der Waals surface area contributed by atoms with E-state index in [2.05, 4.69) is 42.8 Å². The Balaban J connectivity index is 2.46. The second-order valence-electron chi connectivity index (χ2n) is 5.59. The third-order valence-electron chi connectivity index (χ3n) is 4.03. The average molecular weight is 265 g/mol. The van der Waals surface area contributed by atoms with Crippen LogP contribution in [0.15, 0.2) is 0 Å². The van der Waals surface area contributed by atoms with E-state index in [9.17, 15) is 0 Å². The normalized spacial score (nSPS) is 12.9. The van der Waals surface area contributed by atoms with Gasteiger partial charge < -0.3 is 5.32 Å². The van der Waals surface area contributed by atoms with Gasteiger partial charge in [0.2, 0.25) is 0 Å². The molecule has 3 nitrogen and oxygen atoms in total. The minimum absolute atomic E-state index is 0.387. The molecule has 1 N–H and O–H groups in total. The lowest BCUT2D eigenvalue weighted by Gasteiger charge is -2.11. The molecule has 0 spiro atoms. The molecule has 3 heteroatoms. The van der Waals surface area contributed by atoms with Crippen molar-refractivity contribution in [1.82, 2.24) is 15.1 Å². The van der Waals surface area contributed by atoms with Crippen LogP contribution in [0.1, 0.15) is 75.4 Å². The first-order valence-corrected chi connectivity index (χ1v) is 7.83. The molecule has 110 valence electrons. The van der Waals surface area contributed by atoms with Gasteiger partial charge in [0.25, 0.3) is 0 Å². The van der Waals surface area contributed by atoms with Crippen LogP contribution in [0.2, 0.25) is 0 Å². The van der Waals surface area contributed by atoms with E-state index in [1.165, 1.54) is 55.5 Å². The number of nitrogens with one attached hydrogen (secondary N) is 1. The maximum Gasteiger partial charge on any atom is 0.0644 e. The van der Waals surface area contributed by atoms with Gasteiger partial charge >= 0.3 is 0 Å². The van der Waals surface area contributed by atoms with Crippen molar-refractivity contribution in [3.63, 3.8) is 0 Å². The molecule has 1 unspecified atom stereocenters. The van der Waals surface area contributed by atoms with Crippen LogP contribution in [0.5, 0.6) is 0 Å². The summed E-state index contributed by atoms with van der Waals surface area (Å²) >= 11 is 0. The van der Waals surface area contributed by atoms with Crippen molar-refractivity contribution >= 4 is 0 Å². The Morgan fingerprint density at radius 1 is 1.11 bits per heavy atom. The number of aromatic nitrogens is 2. The summed E-state index contributed by atoms with van der Waals surface area (Å²) in [5, 5.41) is 8.00. The van der Waals surface area contributed by atoms with Crippen molar-refractivity contribution in [3.05, 3.63) is 17.0 Å². The highest BCUT2D eigenvalue weighted by Crippen LogP contribution is 2.21. The van der Waals surface area contributed by atoms with E-state index < -0.39 is 0 Å². The number of nitrogens with zero attached hydrogens (tertiary/aromatic N) is 2. The average Bonchev–Trinajstić information content (AvgIpc) is 2.68.